The minimum absolute atomic E-state index is 0. The van der Waals surface area contributed by atoms with Gasteiger partial charge in [0.05, 0.1) is 0 Å². The topological polar surface area (TPSA) is 40.5 Å². The summed E-state index contributed by atoms with van der Waals surface area (Å²) in [5, 5.41) is 8.71. The Morgan fingerprint density at radius 3 is 2.29 bits per heavy atom. The quantitative estimate of drug-likeness (QED) is 0.770. The maximum atomic E-state index is 10.6. The van der Waals surface area contributed by atoms with E-state index in [1.54, 1.807) is 0 Å². The van der Waals surface area contributed by atoms with Gasteiger partial charge in [0.15, 0.2) is 0 Å². The van der Waals surface area contributed by atoms with Crippen molar-refractivity contribution in [3.05, 3.63) is 0 Å². The lowest BCUT2D eigenvalue weighted by Gasteiger charge is -2.35. The van der Waals surface area contributed by atoms with Crippen LogP contribution in [0.5, 0.6) is 0 Å². The van der Waals surface area contributed by atoms with Gasteiger partial charge in [-0.15, -0.1) is 12.4 Å². The Morgan fingerprint density at radius 2 is 1.86 bits per heavy atom. The van der Waals surface area contributed by atoms with Crippen LogP contribution in [-0.4, -0.2) is 35.1 Å². The molecule has 2 atom stereocenters. The van der Waals surface area contributed by atoms with Gasteiger partial charge in [0.2, 0.25) is 0 Å². The van der Waals surface area contributed by atoms with Crippen LogP contribution in [0.1, 0.15) is 32.1 Å². The third kappa shape index (κ3) is 2.20. The first kappa shape index (κ1) is 11.8. The Bertz CT molecular complexity index is 208. The average Bonchev–Trinajstić information content (AvgIpc) is 2.33. The minimum atomic E-state index is -0.631. The molecule has 0 amide bonds. The summed E-state index contributed by atoms with van der Waals surface area (Å²) in [6, 6.07) is 1.34. The number of halogens is 1. The third-order valence-electron chi connectivity index (χ3n) is 3.66. The lowest BCUT2D eigenvalue weighted by molar-refractivity contribution is -0.138. The van der Waals surface area contributed by atoms with Gasteiger partial charge in [0.25, 0.3) is 0 Å². The van der Waals surface area contributed by atoms with Crippen molar-refractivity contribution in [1.29, 1.82) is 0 Å². The number of carbonyl (C=O) groups is 1. The first-order valence-corrected chi connectivity index (χ1v) is 5.10. The van der Waals surface area contributed by atoms with Gasteiger partial charge in [-0.25, -0.2) is 0 Å². The zero-order valence-electron chi connectivity index (χ0n) is 8.48. The van der Waals surface area contributed by atoms with Gasteiger partial charge in [-0.3, -0.25) is 4.79 Å². The zero-order chi connectivity index (χ0) is 9.42. The van der Waals surface area contributed by atoms with Crippen LogP contribution in [0.4, 0.5) is 0 Å². The fourth-order valence-corrected chi connectivity index (χ4v) is 2.94. The van der Waals surface area contributed by atoms with Crippen molar-refractivity contribution in [3.63, 3.8) is 0 Å². The Morgan fingerprint density at radius 1 is 1.36 bits per heavy atom. The van der Waals surface area contributed by atoms with Crippen molar-refractivity contribution in [2.24, 2.45) is 5.92 Å². The van der Waals surface area contributed by atoms with Crippen LogP contribution in [0.15, 0.2) is 0 Å². The number of hydrogen-bond acceptors (Lipinski definition) is 2. The fraction of sp³-hybridized carbons (Fsp3) is 0.900. The molecule has 2 fully saturated rings. The highest BCUT2D eigenvalue weighted by molar-refractivity contribution is 5.85. The van der Waals surface area contributed by atoms with Crippen LogP contribution >= 0.6 is 12.4 Å². The van der Waals surface area contributed by atoms with Gasteiger partial charge in [0, 0.05) is 18.5 Å². The van der Waals surface area contributed by atoms with Crippen molar-refractivity contribution in [3.8, 4) is 0 Å². The average molecular weight is 220 g/mol. The molecule has 0 saturated carbocycles. The van der Waals surface area contributed by atoms with Crippen molar-refractivity contribution in [1.82, 2.24) is 4.90 Å². The van der Waals surface area contributed by atoms with E-state index in [9.17, 15) is 4.79 Å². The van der Waals surface area contributed by atoms with Crippen LogP contribution in [0.25, 0.3) is 0 Å². The highest BCUT2D eigenvalue weighted by Crippen LogP contribution is 2.38. The van der Waals surface area contributed by atoms with Crippen molar-refractivity contribution < 1.29 is 9.90 Å². The number of rotatable bonds is 2. The summed E-state index contributed by atoms with van der Waals surface area (Å²) in [6.45, 7) is 0. The van der Waals surface area contributed by atoms with Crippen LogP contribution in [-0.2, 0) is 4.79 Å². The molecule has 2 saturated heterocycles. The SMILES string of the molecule is CN1C2CCC1CC(CC(=O)O)C2.Cl. The minimum Gasteiger partial charge on any atom is -0.481 e. The van der Waals surface area contributed by atoms with Gasteiger partial charge in [0.1, 0.15) is 0 Å². The largest absolute Gasteiger partial charge is 0.481 e. The van der Waals surface area contributed by atoms with E-state index in [2.05, 4.69) is 11.9 Å². The van der Waals surface area contributed by atoms with Crippen LogP contribution in [0.3, 0.4) is 0 Å². The van der Waals surface area contributed by atoms with E-state index in [-0.39, 0.29) is 12.4 Å². The molecule has 2 aliphatic rings. The molecule has 0 aromatic rings. The number of aliphatic carboxylic acids is 1. The van der Waals surface area contributed by atoms with E-state index in [0.717, 1.165) is 12.8 Å². The number of nitrogens with zero attached hydrogens (tertiary/aromatic N) is 1. The second-order valence-corrected chi connectivity index (χ2v) is 4.49. The molecule has 2 rings (SSSR count). The molecular formula is C10H18ClNO2. The highest BCUT2D eigenvalue weighted by atomic mass is 35.5. The molecule has 3 nitrogen and oxygen atoms in total. The van der Waals surface area contributed by atoms with Gasteiger partial charge >= 0.3 is 5.97 Å². The van der Waals surface area contributed by atoms with E-state index >= 15 is 0 Å². The summed E-state index contributed by atoms with van der Waals surface area (Å²) in [5.74, 6) is -0.194. The Labute approximate surface area is 90.9 Å². The summed E-state index contributed by atoms with van der Waals surface area (Å²) in [6.07, 6.45) is 5.12. The molecule has 82 valence electrons. The predicted molar refractivity (Wildman–Crippen MR) is 56.8 cm³/mol. The molecule has 0 radical (unpaired) electrons. The lowest BCUT2D eigenvalue weighted by atomic mass is 9.89. The maximum absolute atomic E-state index is 10.6. The van der Waals surface area contributed by atoms with Crippen molar-refractivity contribution in [2.45, 2.75) is 44.2 Å². The molecular weight excluding hydrogens is 202 g/mol. The molecule has 1 N–H and O–H groups in total. The van der Waals surface area contributed by atoms with Gasteiger partial charge < -0.3 is 10.0 Å². The number of piperidine rings is 1. The molecule has 2 bridgehead atoms. The summed E-state index contributed by atoms with van der Waals surface area (Å²) >= 11 is 0. The third-order valence-corrected chi connectivity index (χ3v) is 3.66. The van der Waals surface area contributed by atoms with Crippen molar-refractivity contribution in [2.75, 3.05) is 7.05 Å². The van der Waals surface area contributed by atoms with E-state index < -0.39 is 5.97 Å². The zero-order valence-corrected chi connectivity index (χ0v) is 9.30. The number of carboxylic acids is 1. The molecule has 14 heavy (non-hydrogen) atoms. The number of carboxylic acid groups (broad SMARTS) is 1. The Hall–Kier alpha value is -0.280. The van der Waals surface area contributed by atoms with Crippen LogP contribution in [0.2, 0.25) is 0 Å². The lowest BCUT2D eigenvalue weighted by Crippen LogP contribution is -2.40. The molecule has 0 aromatic carbocycles. The molecule has 2 heterocycles. The number of fused-ring (bicyclic) bond motifs is 2. The second kappa shape index (κ2) is 4.49. The van der Waals surface area contributed by atoms with Crippen LogP contribution in [0, 0.1) is 5.92 Å². The summed E-state index contributed by atoms with van der Waals surface area (Å²) in [4.78, 5) is 13.0. The number of hydrogen-bond donors (Lipinski definition) is 1. The van der Waals surface area contributed by atoms with Crippen LogP contribution < -0.4 is 0 Å². The monoisotopic (exact) mass is 219 g/mol. The smallest absolute Gasteiger partial charge is 0.303 e. The first-order valence-electron chi connectivity index (χ1n) is 5.10. The normalized spacial score (nSPS) is 36.5. The predicted octanol–water partition coefficient (Wildman–Crippen LogP) is 1.76. The molecule has 0 aromatic heterocycles. The van der Waals surface area contributed by atoms with Gasteiger partial charge in [-0.1, -0.05) is 0 Å². The maximum Gasteiger partial charge on any atom is 0.303 e. The Balaban J connectivity index is 0.000000980. The standard InChI is InChI=1S/C10H17NO2.ClH/c1-11-8-2-3-9(11)5-7(4-8)6-10(12)13;/h7-9H,2-6H2,1H3,(H,12,13);1H. The van der Waals surface area contributed by atoms with E-state index in [1.165, 1.54) is 12.8 Å². The summed E-state index contributed by atoms with van der Waals surface area (Å²) in [7, 11) is 2.18. The molecule has 2 aliphatic heterocycles. The van der Waals surface area contributed by atoms with Gasteiger partial charge in [-0.2, -0.15) is 0 Å². The van der Waals surface area contributed by atoms with Gasteiger partial charge in [-0.05, 0) is 38.6 Å². The molecule has 2 unspecified atom stereocenters. The van der Waals surface area contributed by atoms with E-state index in [4.69, 9.17) is 5.11 Å². The molecule has 0 spiro atoms. The highest BCUT2D eigenvalue weighted by Gasteiger charge is 2.38. The Kier molecular flexibility index (Phi) is 3.78. The van der Waals surface area contributed by atoms with Crippen molar-refractivity contribution >= 4 is 18.4 Å². The molecule has 4 heteroatoms. The van der Waals surface area contributed by atoms with E-state index in [0.29, 0.717) is 24.4 Å². The first-order chi connectivity index (χ1) is 6.16. The second-order valence-electron chi connectivity index (χ2n) is 4.49. The summed E-state index contributed by atoms with van der Waals surface area (Å²) < 4.78 is 0. The fourth-order valence-electron chi connectivity index (χ4n) is 2.94. The van der Waals surface area contributed by atoms with E-state index in [1.807, 2.05) is 0 Å². The summed E-state index contributed by atoms with van der Waals surface area (Å²) in [5.41, 5.74) is 0. The molecule has 0 aliphatic carbocycles.